The summed E-state index contributed by atoms with van der Waals surface area (Å²) in [4.78, 5) is 10.8. The average molecular weight is 352 g/mol. The first-order valence-electron chi connectivity index (χ1n) is 8.91. The zero-order chi connectivity index (χ0) is 18.8. The smallest absolute Gasteiger partial charge is 0.216 e. The van der Waals surface area contributed by atoms with Gasteiger partial charge in [-0.1, -0.05) is 20.8 Å². The highest BCUT2D eigenvalue weighted by atomic mass is 19.1. The fraction of sp³-hybridized carbons (Fsp3) is 0.941. The van der Waals surface area contributed by atoms with Crippen molar-refractivity contribution in [1.82, 2.24) is 16.0 Å². The third-order valence-corrected chi connectivity index (χ3v) is 3.13. The number of nitrogens with one attached hydrogen (secondary N) is 3. The topological polar surface area (TPSA) is 71.6 Å². The van der Waals surface area contributed by atoms with E-state index in [1.165, 1.54) is 6.92 Å². The van der Waals surface area contributed by atoms with Crippen LogP contribution < -0.4 is 16.0 Å². The molecule has 1 unspecified atom stereocenters. The van der Waals surface area contributed by atoms with Gasteiger partial charge in [0.15, 0.2) is 0 Å². The lowest BCUT2D eigenvalue weighted by molar-refractivity contribution is -0.120. The largest absolute Gasteiger partial charge is 0.379 e. The number of carbonyl (C=O) groups excluding carboxylic acids is 1. The summed E-state index contributed by atoms with van der Waals surface area (Å²) in [6.45, 7) is 15.7. The van der Waals surface area contributed by atoms with E-state index in [9.17, 15) is 9.18 Å². The van der Waals surface area contributed by atoms with Gasteiger partial charge in [-0.05, 0) is 20.4 Å². The van der Waals surface area contributed by atoms with Crippen molar-refractivity contribution < 1.29 is 18.7 Å². The highest BCUT2D eigenvalue weighted by molar-refractivity contribution is 5.72. The lowest BCUT2D eigenvalue weighted by atomic mass is 10.0. The molecule has 0 saturated heterocycles. The van der Waals surface area contributed by atoms with Crippen LogP contribution in [0.4, 0.5) is 4.39 Å². The first-order chi connectivity index (χ1) is 11.4. The van der Waals surface area contributed by atoms with Crippen LogP contribution >= 0.6 is 0 Å². The molecule has 3 N–H and O–H groups in total. The molecule has 0 saturated carbocycles. The quantitative estimate of drug-likeness (QED) is 0.414. The molecule has 0 radical (unpaired) electrons. The molecule has 0 heterocycles. The van der Waals surface area contributed by atoms with Crippen LogP contribution in [0.25, 0.3) is 0 Å². The third kappa shape index (κ3) is 16.1. The summed E-state index contributed by atoms with van der Waals surface area (Å²) < 4.78 is 24.9. The fourth-order valence-corrected chi connectivity index (χ4v) is 1.65. The molecule has 0 aliphatic rings. The Labute approximate surface area is 147 Å². The highest BCUT2D eigenvalue weighted by Crippen LogP contribution is 2.17. The molecular weight excluding hydrogens is 313 g/mol. The van der Waals surface area contributed by atoms with Crippen molar-refractivity contribution >= 4 is 5.91 Å². The van der Waals surface area contributed by atoms with Crippen LogP contribution in [-0.4, -0.2) is 70.2 Å². The van der Waals surface area contributed by atoms with Gasteiger partial charge in [-0.15, -0.1) is 0 Å². The molecule has 0 aromatic heterocycles. The van der Waals surface area contributed by atoms with E-state index in [1.807, 2.05) is 13.8 Å². The second-order valence-corrected chi connectivity index (χ2v) is 5.57. The molecule has 7 heteroatoms. The number of halogens is 1. The van der Waals surface area contributed by atoms with Gasteiger partial charge >= 0.3 is 0 Å². The third-order valence-electron chi connectivity index (χ3n) is 3.13. The monoisotopic (exact) mass is 351 g/mol. The van der Waals surface area contributed by atoms with E-state index in [0.29, 0.717) is 26.4 Å². The van der Waals surface area contributed by atoms with Crippen molar-refractivity contribution in [2.45, 2.75) is 53.3 Å². The molecule has 0 rings (SSSR count). The van der Waals surface area contributed by atoms with Crippen molar-refractivity contribution in [2.75, 3.05) is 52.5 Å². The van der Waals surface area contributed by atoms with Gasteiger partial charge in [0.05, 0.1) is 32.0 Å². The van der Waals surface area contributed by atoms with Gasteiger partial charge in [0.25, 0.3) is 0 Å². The fourth-order valence-electron chi connectivity index (χ4n) is 1.65. The van der Waals surface area contributed by atoms with Crippen LogP contribution in [-0.2, 0) is 14.3 Å². The normalized spacial score (nSPS) is 12.3. The van der Waals surface area contributed by atoms with Gasteiger partial charge < -0.3 is 25.4 Å². The molecule has 0 aliphatic heterocycles. The van der Waals surface area contributed by atoms with E-state index < -0.39 is 11.8 Å². The number of ether oxygens (including phenoxy) is 2. The Morgan fingerprint density at radius 2 is 1.62 bits per heavy atom. The Morgan fingerprint density at radius 1 is 1.08 bits per heavy atom. The van der Waals surface area contributed by atoms with Crippen LogP contribution in [0, 0.1) is 0 Å². The van der Waals surface area contributed by atoms with E-state index in [-0.39, 0.29) is 12.5 Å². The standard InChI is InChI=1S/C15H32FN3O3.C2H6/c1-5-17-6-9-21-10-7-18-8-11-22-15(3,4)14(16)12-19-13(2)20;1-2/h14,17-18H,5-12H2,1-4H3,(H,19,20);1-2H3. The van der Waals surface area contributed by atoms with Crippen LogP contribution in [0.3, 0.4) is 0 Å². The minimum absolute atomic E-state index is 0.0323. The number of rotatable bonds is 14. The molecule has 24 heavy (non-hydrogen) atoms. The minimum Gasteiger partial charge on any atom is -0.379 e. The Balaban J connectivity index is 0. The van der Waals surface area contributed by atoms with Crippen molar-refractivity contribution in [3.05, 3.63) is 0 Å². The summed E-state index contributed by atoms with van der Waals surface area (Å²) in [6, 6.07) is 0. The van der Waals surface area contributed by atoms with Crippen LogP contribution in [0.2, 0.25) is 0 Å². The molecule has 1 atom stereocenters. The van der Waals surface area contributed by atoms with Gasteiger partial charge in [0, 0.05) is 26.6 Å². The number of likely N-dealkylation sites (N-methyl/N-ethyl adjacent to an activating group) is 1. The first-order valence-corrected chi connectivity index (χ1v) is 8.91. The number of amides is 1. The van der Waals surface area contributed by atoms with Crippen LogP contribution in [0.1, 0.15) is 41.5 Å². The van der Waals surface area contributed by atoms with Gasteiger partial charge in [0.2, 0.25) is 5.91 Å². The average Bonchev–Trinajstić information content (AvgIpc) is 2.56. The molecule has 1 amide bonds. The number of alkyl halides is 1. The van der Waals surface area contributed by atoms with E-state index in [4.69, 9.17) is 9.47 Å². The molecule has 0 aliphatic carbocycles. The summed E-state index contributed by atoms with van der Waals surface area (Å²) in [5.74, 6) is -0.241. The molecule has 0 aromatic rings. The molecule has 0 spiro atoms. The predicted octanol–water partition coefficient (Wildman–Crippen LogP) is 1.50. The Hall–Kier alpha value is -0.760. The summed E-state index contributed by atoms with van der Waals surface area (Å²) >= 11 is 0. The maximum atomic E-state index is 13.9. The summed E-state index contributed by atoms with van der Waals surface area (Å²) in [5, 5.41) is 8.81. The second-order valence-electron chi connectivity index (χ2n) is 5.57. The molecular formula is C17H38FN3O3. The van der Waals surface area contributed by atoms with Crippen LogP contribution in [0.15, 0.2) is 0 Å². The lowest BCUT2D eigenvalue weighted by Gasteiger charge is -2.29. The zero-order valence-corrected chi connectivity index (χ0v) is 16.3. The maximum Gasteiger partial charge on any atom is 0.216 e. The number of carbonyl (C=O) groups is 1. The van der Waals surface area contributed by atoms with E-state index >= 15 is 0 Å². The Kier molecular flexibility index (Phi) is 18.1. The summed E-state index contributed by atoms with van der Waals surface area (Å²) in [7, 11) is 0. The second kappa shape index (κ2) is 17.1. The van der Waals surface area contributed by atoms with E-state index in [2.05, 4.69) is 22.9 Å². The molecule has 0 bridgehead atoms. The van der Waals surface area contributed by atoms with Gasteiger partial charge in [0.1, 0.15) is 6.17 Å². The molecule has 0 fully saturated rings. The molecule has 146 valence electrons. The molecule has 0 aromatic carbocycles. The van der Waals surface area contributed by atoms with Crippen molar-refractivity contribution in [2.24, 2.45) is 0 Å². The predicted molar refractivity (Wildman–Crippen MR) is 97.2 cm³/mol. The molecule has 6 nitrogen and oxygen atoms in total. The van der Waals surface area contributed by atoms with Gasteiger partial charge in [-0.2, -0.15) is 0 Å². The zero-order valence-electron chi connectivity index (χ0n) is 16.3. The SMILES string of the molecule is CC.CCNCCOCCNCCOC(C)(C)C(F)CNC(C)=O. The van der Waals surface area contributed by atoms with E-state index in [1.54, 1.807) is 13.8 Å². The number of hydrogen-bond donors (Lipinski definition) is 3. The lowest BCUT2D eigenvalue weighted by Crippen LogP contribution is -2.44. The highest BCUT2D eigenvalue weighted by Gasteiger charge is 2.30. The Bertz CT molecular complexity index is 292. The van der Waals surface area contributed by atoms with Gasteiger partial charge in [-0.25, -0.2) is 4.39 Å². The van der Waals surface area contributed by atoms with Gasteiger partial charge in [-0.3, -0.25) is 4.79 Å². The van der Waals surface area contributed by atoms with Crippen molar-refractivity contribution in [1.29, 1.82) is 0 Å². The first kappa shape index (κ1) is 25.5. The Morgan fingerprint density at radius 3 is 2.17 bits per heavy atom. The summed E-state index contributed by atoms with van der Waals surface area (Å²) in [6.07, 6.45) is -1.24. The van der Waals surface area contributed by atoms with E-state index in [0.717, 1.165) is 19.6 Å². The van der Waals surface area contributed by atoms with Crippen molar-refractivity contribution in [3.63, 3.8) is 0 Å². The van der Waals surface area contributed by atoms with Crippen LogP contribution in [0.5, 0.6) is 0 Å². The minimum atomic E-state index is -1.24. The van der Waals surface area contributed by atoms with Crippen molar-refractivity contribution in [3.8, 4) is 0 Å². The maximum absolute atomic E-state index is 13.9. The number of hydrogen-bond acceptors (Lipinski definition) is 5. The summed E-state index contributed by atoms with van der Waals surface area (Å²) in [5.41, 5.74) is -0.924.